The number of rotatable bonds is 5. The van der Waals surface area contributed by atoms with Crippen molar-refractivity contribution < 1.29 is 9.90 Å². The molecule has 1 heterocycles. The van der Waals surface area contributed by atoms with Gasteiger partial charge < -0.3 is 15.4 Å². The SMILES string of the molecule is C=CC(C)(NC(=NC)c1[nH]c(=S)c(C)cc1C(=O)O)C(C)C. The number of aromatic carboxylic acids is 1. The van der Waals surface area contributed by atoms with Crippen molar-refractivity contribution in [1.82, 2.24) is 10.3 Å². The third-order valence-corrected chi connectivity index (χ3v) is 4.35. The Morgan fingerprint density at radius 3 is 2.59 bits per heavy atom. The summed E-state index contributed by atoms with van der Waals surface area (Å²) in [5.74, 6) is -0.347. The van der Waals surface area contributed by atoms with Crippen LogP contribution in [-0.2, 0) is 0 Å². The Balaban J connectivity index is 3.45. The second kappa shape index (κ2) is 6.87. The number of aromatic nitrogens is 1. The quantitative estimate of drug-likeness (QED) is 0.336. The van der Waals surface area contributed by atoms with Gasteiger partial charge in [-0.15, -0.1) is 6.58 Å². The van der Waals surface area contributed by atoms with Crippen molar-refractivity contribution >= 4 is 24.0 Å². The summed E-state index contributed by atoms with van der Waals surface area (Å²) in [6, 6.07) is 1.56. The molecule has 0 aliphatic heterocycles. The lowest BCUT2D eigenvalue weighted by Gasteiger charge is -2.33. The van der Waals surface area contributed by atoms with Crippen LogP contribution in [0.25, 0.3) is 0 Å². The average molecular weight is 321 g/mol. The van der Waals surface area contributed by atoms with Crippen molar-refractivity contribution in [2.75, 3.05) is 7.05 Å². The van der Waals surface area contributed by atoms with Crippen molar-refractivity contribution in [3.8, 4) is 0 Å². The smallest absolute Gasteiger partial charge is 0.337 e. The number of hydrogen-bond acceptors (Lipinski definition) is 3. The van der Waals surface area contributed by atoms with Gasteiger partial charge in [0.2, 0.25) is 0 Å². The third kappa shape index (κ3) is 3.62. The van der Waals surface area contributed by atoms with Gasteiger partial charge in [0, 0.05) is 7.05 Å². The molecule has 22 heavy (non-hydrogen) atoms. The summed E-state index contributed by atoms with van der Waals surface area (Å²) in [7, 11) is 1.61. The van der Waals surface area contributed by atoms with Crippen molar-refractivity contribution in [3.63, 3.8) is 0 Å². The summed E-state index contributed by atoms with van der Waals surface area (Å²) < 4.78 is 0.493. The molecular formula is C16H23N3O2S. The Hall–Kier alpha value is -1.95. The Morgan fingerprint density at radius 1 is 1.59 bits per heavy atom. The average Bonchev–Trinajstić information content (AvgIpc) is 2.46. The van der Waals surface area contributed by atoms with Gasteiger partial charge in [0.15, 0.2) is 0 Å². The number of H-pyrrole nitrogens is 1. The molecule has 0 aromatic carbocycles. The minimum Gasteiger partial charge on any atom is -0.478 e. The molecule has 5 nitrogen and oxygen atoms in total. The van der Waals surface area contributed by atoms with Crippen LogP contribution in [0.5, 0.6) is 0 Å². The van der Waals surface area contributed by atoms with E-state index in [0.29, 0.717) is 21.7 Å². The van der Waals surface area contributed by atoms with Gasteiger partial charge in [-0.1, -0.05) is 32.1 Å². The van der Waals surface area contributed by atoms with Gasteiger partial charge in [-0.3, -0.25) is 4.99 Å². The number of carboxylic acid groups (broad SMARTS) is 1. The van der Waals surface area contributed by atoms with Gasteiger partial charge in [0.1, 0.15) is 10.5 Å². The molecule has 0 aliphatic rings. The molecule has 0 aliphatic carbocycles. The fourth-order valence-electron chi connectivity index (χ4n) is 1.91. The summed E-state index contributed by atoms with van der Waals surface area (Å²) in [6.45, 7) is 11.7. The van der Waals surface area contributed by atoms with Gasteiger partial charge in [-0.25, -0.2) is 4.79 Å². The molecule has 0 fully saturated rings. The van der Waals surface area contributed by atoms with E-state index >= 15 is 0 Å². The molecule has 6 heteroatoms. The maximum Gasteiger partial charge on any atom is 0.337 e. The predicted octanol–water partition coefficient (Wildman–Crippen LogP) is 3.32. The summed E-state index contributed by atoms with van der Waals surface area (Å²) in [5.41, 5.74) is 0.793. The van der Waals surface area contributed by atoms with Gasteiger partial charge in [0.05, 0.1) is 16.8 Å². The lowest BCUT2D eigenvalue weighted by Crippen LogP contribution is -2.49. The molecule has 0 radical (unpaired) electrons. The zero-order valence-electron chi connectivity index (χ0n) is 13.7. The van der Waals surface area contributed by atoms with E-state index < -0.39 is 11.5 Å². The maximum atomic E-state index is 11.5. The summed E-state index contributed by atoms with van der Waals surface area (Å²) in [4.78, 5) is 18.7. The molecule has 0 saturated heterocycles. The number of carbonyl (C=O) groups is 1. The van der Waals surface area contributed by atoms with Crippen LogP contribution in [0.15, 0.2) is 23.7 Å². The molecule has 1 atom stereocenters. The first-order valence-electron chi connectivity index (χ1n) is 7.02. The highest BCUT2D eigenvalue weighted by Crippen LogP contribution is 2.19. The molecule has 0 saturated carbocycles. The molecular weight excluding hydrogens is 298 g/mol. The first-order chi connectivity index (χ1) is 10.2. The normalized spacial score (nSPS) is 14.5. The molecule has 3 N–H and O–H groups in total. The number of carboxylic acids is 1. The maximum absolute atomic E-state index is 11.5. The predicted molar refractivity (Wildman–Crippen MR) is 92.4 cm³/mol. The van der Waals surface area contributed by atoms with Crippen molar-refractivity contribution in [3.05, 3.63) is 40.2 Å². The van der Waals surface area contributed by atoms with Crippen LogP contribution in [0, 0.1) is 17.5 Å². The van der Waals surface area contributed by atoms with Gasteiger partial charge in [-0.2, -0.15) is 0 Å². The topological polar surface area (TPSA) is 77.5 Å². The first kappa shape index (κ1) is 18.1. The summed E-state index contributed by atoms with van der Waals surface area (Å²) >= 11 is 5.22. The van der Waals surface area contributed by atoms with E-state index in [-0.39, 0.29) is 11.5 Å². The summed E-state index contributed by atoms with van der Waals surface area (Å²) in [6.07, 6.45) is 1.80. The van der Waals surface area contributed by atoms with Gasteiger partial charge in [-0.05, 0) is 31.4 Å². The number of hydrogen-bond donors (Lipinski definition) is 3. The number of amidine groups is 1. The van der Waals surface area contributed by atoms with Crippen LogP contribution in [0.2, 0.25) is 0 Å². The molecule has 0 spiro atoms. The van der Waals surface area contributed by atoms with E-state index in [4.69, 9.17) is 12.2 Å². The largest absolute Gasteiger partial charge is 0.478 e. The first-order valence-corrected chi connectivity index (χ1v) is 7.43. The second-order valence-electron chi connectivity index (χ2n) is 5.71. The van der Waals surface area contributed by atoms with E-state index in [0.717, 1.165) is 0 Å². The summed E-state index contributed by atoms with van der Waals surface area (Å²) in [5, 5.41) is 12.7. The molecule has 1 rings (SSSR count). The minimum absolute atomic E-state index is 0.134. The molecule has 120 valence electrons. The molecule has 0 bridgehead atoms. The Kier molecular flexibility index (Phi) is 5.65. The second-order valence-corrected chi connectivity index (χ2v) is 6.12. The van der Waals surface area contributed by atoms with Gasteiger partial charge in [0.25, 0.3) is 0 Å². The van der Waals surface area contributed by atoms with E-state index in [1.165, 1.54) is 0 Å². The zero-order valence-corrected chi connectivity index (χ0v) is 14.5. The zero-order chi connectivity index (χ0) is 17.1. The Morgan fingerprint density at radius 2 is 2.18 bits per heavy atom. The number of pyridine rings is 1. The van der Waals surface area contributed by atoms with Crippen molar-refractivity contribution in [2.24, 2.45) is 10.9 Å². The lowest BCUT2D eigenvalue weighted by atomic mass is 9.88. The number of aliphatic imine (C=N–C) groups is 1. The molecule has 1 aromatic rings. The van der Waals surface area contributed by atoms with E-state index in [2.05, 4.69) is 35.7 Å². The van der Waals surface area contributed by atoms with Crippen LogP contribution in [-0.4, -0.2) is 34.5 Å². The standard InChI is InChI=1S/C16H23N3O2S/c1-7-16(5,9(2)3)19-13(17-6)12-11(15(20)21)8-10(4)14(22)18-12/h7-9H,1H2,2-6H3,(H,17,19)(H,18,22)(H,20,21). The van der Waals surface area contributed by atoms with Crippen LogP contribution in [0.4, 0.5) is 0 Å². The highest BCUT2D eigenvalue weighted by molar-refractivity contribution is 7.71. The molecule has 0 amide bonds. The Bertz CT molecular complexity index is 676. The third-order valence-electron chi connectivity index (χ3n) is 3.93. The van der Waals surface area contributed by atoms with E-state index in [1.807, 2.05) is 6.92 Å². The fourth-order valence-corrected chi connectivity index (χ4v) is 2.07. The van der Waals surface area contributed by atoms with Crippen LogP contribution < -0.4 is 5.32 Å². The minimum atomic E-state index is -1.03. The van der Waals surface area contributed by atoms with Crippen LogP contribution in [0.3, 0.4) is 0 Å². The van der Waals surface area contributed by atoms with E-state index in [1.54, 1.807) is 26.1 Å². The lowest BCUT2D eigenvalue weighted by molar-refractivity contribution is 0.0696. The number of nitrogens with zero attached hydrogens (tertiary/aromatic N) is 1. The molecule has 1 unspecified atom stereocenters. The number of aryl methyl sites for hydroxylation is 1. The number of aromatic amines is 1. The van der Waals surface area contributed by atoms with Crippen molar-refractivity contribution in [1.29, 1.82) is 0 Å². The fraction of sp³-hybridized carbons (Fsp3) is 0.438. The van der Waals surface area contributed by atoms with Crippen LogP contribution in [0.1, 0.15) is 42.4 Å². The highest BCUT2D eigenvalue weighted by atomic mass is 32.1. The number of nitrogens with one attached hydrogen (secondary N) is 2. The highest BCUT2D eigenvalue weighted by Gasteiger charge is 2.28. The molecule has 1 aromatic heterocycles. The van der Waals surface area contributed by atoms with Gasteiger partial charge >= 0.3 is 5.97 Å². The Labute approximate surface area is 136 Å². The van der Waals surface area contributed by atoms with Crippen LogP contribution >= 0.6 is 12.2 Å². The monoisotopic (exact) mass is 321 g/mol. The van der Waals surface area contributed by atoms with Crippen molar-refractivity contribution in [2.45, 2.75) is 33.2 Å². The van der Waals surface area contributed by atoms with E-state index in [9.17, 15) is 9.90 Å².